The van der Waals surface area contributed by atoms with Gasteiger partial charge in [-0.3, -0.25) is 9.89 Å². The zero-order valence-corrected chi connectivity index (χ0v) is 17.2. The molecule has 2 aliphatic rings. The van der Waals surface area contributed by atoms with E-state index in [0.717, 1.165) is 64.1 Å². The van der Waals surface area contributed by atoms with Gasteiger partial charge >= 0.3 is 0 Å². The molecule has 1 aromatic rings. The van der Waals surface area contributed by atoms with Crippen molar-refractivity contribution in [3.8, 4) is 5.75 Å². The first-order valence-corrected chi connectivity index (χ1v) is 9.96. The van der Waals surface area contributed by atoms with Crippen molar-refractivity contribution in [1.82, 2.24) is 15.1 Å². The fourth-order valence-corrected chi connectivity index (χ4v) is 4.01. The van der Waals surface area contributed by atoms with Crippen LogP contribution in [-0.4, -0.2) is 81.4 Å². The van der Waals surface area contributed by atoms with Gasteiger partial charge in [0.05, 0.1) is 20.3 Å². The average Bonchev–Trinajstić information content (AvgIpc) is 3.19. The van der Waals surface area contributed by atoms with E-state index in [2.05, 4.69) is 58.2 Å². The number of nitrogens with one attached hydrogen (secondary N) is 1. The van der Waals surface area contributed by atoms with E-state index in [4.69, 9.17) is 9.47 Å². The molecule has 6 nitrogen and oxygen atoms in total. The van der Waals surface area contributed by atoms with Gasteiger partial charge < -0.3 is 19.7 Å². The van der Waals surface area contributed by atoms with Crippen molar-refractivity contribution in [3.63, 3.8) is 0 Å². The van der Waals surface area contributed by atoms with Crippen LogP contribution in [0.4, 0.5) is 0 Å². The number of hydrogen-bond donors (Lipinski definition) is 1. The van der Waals surface area contributed by atoms with Gasteiger partial charge in [0.25, 0.3) is 0 Å². The Morgan fingerprint density at radius 2 is 1.93 bits per heavy atom. The Morgan fingerprint density at radius 3 is 2.56 bits per heavy atom. The van der Waals surface area contributed by atoms with Gasteiger partial charge in [0.15, 0.2) is 5.96 Å². The summed E-state index contributed by atoms with van der Waals surface area (Å²) >= 11 is 0. The molecule has 1 atom stereocenters. The predicted octanol–water partition coefficient (Wildman–Crippen LogP) is 2.17. The Labute approximate surface area is 163 Å². The summed E-state index contributed by atoms with van der Waals surface area (Å²) in [4.78, 5) is 9.42. The number of likely N-dealkylation sites (tertiary alicyclic amines) is 1. The van der Waals surface area contributed by atoms with Crippen LogP contribution >= 0.6 is 0 Å². The van der Waals surface area contributed by atoms with E-state index in [1.165, 1.54) is 5.56 Å². The predicted molar refractivity (Wildman–Crippen MR) is 110 cm³/mol. The molecule has 2 saturated heterocycles. The van der Waals surface area contributed by atoms with Crippen molar-refractivity contribution in [1.29, 1.82) is 0 Å². The number of morpholine rings is 1. The SMILES string of the molecule is CN=C(NCC(C)(C)N1CCOCC1)N1CCC(c2ccc(OC)cc2)C1. The number of methoxy groups -OCH3 is 1. The lowest BCUT2D eigenvalue weighted by atomic mass is 9.98. The highest BCUT2D eigenvalue weighted by Gasteiger charge is 2.30. The average molecular weight is 375 g/mol. The zero-order chi connectivity index (χ0) is 19.3. The molecule has 0 aromatic heterocycles. The summed E-state index contributed by atoms with van der Waals surface area (Å²) < 4.78 is 10.8. The van der Waals surface area contributed by atoms with Gasteiger partial charge in [0, 0.05) is 51.2 Å². The highest BCUT2D eigenvalue weighted by Crippen LogP contribution is 2.28. The molecule has 1 unspecified atom stereocenters. The molecule has 2 aliphatic heterocycles. The first kappa shape index (κ1) is 20.0. The summed E-state index contributed by atoms with van der Waals surface area (Å²) in [5, 5.41) is 3.61. The quantitative estimate of drug-likeness (QED) is 0.632. The van der Waals surface area contributed by atoms with Gasteiger partial charge in [-0.1, -0.05) is 12.1 Å². The number of benzene rings is 1. The molecule has 0 amide bonds. The lowest BCUT2D eigenvalue weighted by Gasteiger charge is -2.41. The van der Waals surface area contributed by atoms with Crippen molar-refractivity contribution in [2.45, 2.75) is 31.7 Å². The molecule has 1 aromatic carbocycles. The minimum Gasteiger partial charge on any atom is -0.497 e. The van der Waals surface area contributed by atoms with E-state index < -0.39 is 0 Å². The van der Waals surface area contributed by atoms with E-state index in [9.17, 15) is 0 Å². The molecule has 1 N–H and O–H groups in total. The molecule has 2 fully saturated rings. The summed E-state index contributed by atoms with van der Waals surface area (Å²) in [6.45, 7) is 11.2. The van der Waals surface area contributed by atoms with Crippen LogP contribution in [0, 0.1) is 0 Å². The summed E-state index contributed by atoms with van der Waals surface area (Å²) in [5.74, 6) is 2.46. The maximum absolute atomic E-state index is 5.49. The molecular weight excluding hydrogens is 340 g/mol. The Morgan fingerprint density at radius 1 is 1.22 bits per heavy atom. The fraction of sp³-hybridized carbons (Fsp3) is 0.667. The summed E-state index contributed by atoms with van der Waals surface area (Å²) in [7, 11) is 3.59. The molecule has 0 spiro atoms. The number of ether oxygens (including phenoxy) is 2. The molecule has 0 saturated carbocycles. The molecule has 0 aliphatic carbocycles. The largest absolute Gasteiger partial charge is 0.497 e. The highest BCUT2D eigenvalue weighted by molar-refractivity contribution is 5.80. The van der Waals surface area contributed by atoms with Gasteiger partial charge in [-0.05, 0) is 38.0 Å². The molecule has 2 heterocycles. The first-order valence-electron chi connectivity index (χ1n) is 9.96. The van der Waals surface area contributed by atoms with E-state index in [0.29, 0.717) is 5.92 Å². The Bertz CT molecular complexity index is 624. The Balaban J connectivity index is 1.55. The third-order valence-electron chi connectivity index (χ3n) is 5.83. The zero-order valence-electron chi connectivity index (χ0n) is 17.2. The Kier molecular flexibility index (Phi) is 6.60. The summed E-state index contributed by atoms with van der Waals surface area (Å²) in [6, 6.07) is 8.47. The standard InChI is InChI=1S/C21H34N4O2/c1-21(2,25-11-13-27-14-12-25)16-23-20(22-3)24-10-9-18(15-24)17-5-7-19(26-4)8-6-17/h5-8,18H,9-16H2,1-4H3,(H,22,23). The molecular formula is C21H34N4O2. The molecule has 0 radical (unpaired) electrons. The van der Waals surface area contributed by atoms with Crippen LogP contribution in [0.1, 0.15) is 31.7 Å². The van der Waals surface area contributed by atoms with Gasteiger partial charge in [0.2, 0.25) is 0 Å². The van der Waals surface area contributed by atoms with Crippen LogP contribution < -0.4 is 10.1 Å². The van der Waals surface area contributed by atoms with Crippen molar-refractivity contribution < 1.29 is 9.47 Å². The number of hydrogen-bond acceptors (Lipinski definition) is 4. The Hall–Kier alpha value is -1.79. The second-order valence-corrected chi connectivity index (χ2v) is 8.02. The molecule has 150 valence electrons. The second kappa shape index (κ2) is 8.93. The number of guanidine groups is 1. The van der Waals surface area contributed by atoms with Gasteiger partial charge in [0.1, 0.15) is 5.75 Å². The van der Waals surface area contributed by atoms with E-state index in [1.54, 1.807) is 7.11 Å². The maximum atomic E-state index is 5.49. The van der Waals surface area contributed by atoms with Crippen LogP contribution in [0.3, 0.4) is 0 Å². The fourth-order valence-electron chi connectivity index (χ4n) is 4.01. The minimum absolute atomic E-state index is 0.0782. The van der Waals surface area contributed by atoms with Crippen molar-refractivity contribution in [2.75, 3.05) is 60.1 Å². The lowest BCUT2D eigenvalue weighted by molar-refractivity contribution is -0.00846. The van der Waals surface area contributed by atoms with Gasteiger partial charge in [-0.25, -0.2) is 0 Å². The second-order valence-electron chi connectivity index (χ2n) is 8.02. The lowest BCUT2D eigenvalue weighted by Crippen LogP contribution is -2.56. The van der Waals surface area contributed by atoms with Crippen molar-refractivity contribution >= 4 is 5.96 Å². The van der Waals surface area contributed by atoms with Crippen LogP contribution in [0.5, 0.6) is 5.75 Å². The first-order chi connectivity index (χ1) is 13.0. The van der Waals surface area contributed by atoms with E-state index in [1.807, 2.05) is 7.05 Å². The number of rotatable bonds is 5. The topological polar surface area (TPSA) is 49.3 Å². The van der Waals surface area contributed by atoms with Crippen LogP contribution in [0.2, 0.25) is 0 Å². The third-order valence-corrected chi connectivity index (χ3v) is 5.83. The monoisotopic (exact) mass is 374 g/mol. The van der Waals surface area contributed by atoms with Crippen LogP contribution in [0.25, 0.3) is 0 Å². The number of aliphatic imine (C=N–C) groups is 1. The molecule has 0 bridgehead atoms. The van der Waals surface area contributed by atoms with Gasteiger partial charge in [-0.15, -0.1) is 0 Å². The highest BCUT2D eigenvalue weighted by atomic mass is 16.5. The van der Waals surface area contributed by atoms with Crippen LogP contribution in [0.15, 0.2) is 29.3 Å². The smallest absolute Gasteiger partial charge is 0.193 e. The molecule has 6 heteroatoms. The van der Waals surface area contributed by atoms with Crippen molar-refractivity contribution in [2.24, 2.45) is 4.99 Å². The van der Waals surface area contributed by atoms with E-state index >= 15 is 0 Å². The normalized spacial score (nSPS) is 22.1. The maximum Gasteiger partial charge on any atom is 0.193 e. The third kappa shape index (κ3) is 4.93. The van der Waals surface area contributed by atoms with Gasteiger partial charge in [-0.2, -0.15) is 0 Å². The molecule has 27 heavy (non-hydrogen) atoms. The summed E-state index contributed by atoms with van der Waals surface area (Å²) in [6.07, 6.45) is 1.15. The summed E-state index contributed by atoms with van der Waals surface area (Å²) in [5.41, 5.74) is 1.46. The van der Waals surface area contributed by atoms with E-state index in [-0.39, 0.29) is 5.54 Å². The van der Waals surface area contributed by atoms with Crippen molar-refractivity contribution in [3.05, 3.63) is 29.8 Å². The number of nitrogens with zero attached hydrogens (tertiary/aromatic N) is 3. The van der Waals surface area contributed by atoms with Crippen LogP contribution in [-0.2, 0) is 4.74 Å². The minimum atomic E-state index is 0.0782. The molecule has 3 rings (SSSR count).